The smallest absolute Gasteiger partial charge is 0.268 e. The first-order valence-electron chi connectivity index (χ1n) is 13.1. The Bertz CT molecular complexity index is 1070. The summed E-state index contributed by atoms with van der Waals surface area (Å²) in [6, 6.07) is 6.60. The van der Waals surface area contributed by atoms with Crippen LogP contribution in [0.2, 0.25) is 0 Å². The molecule has 2 amide bonds. The lowest BCUT2D eigenvalue weighted by Crippen LogP contribution is -2.54. The van der Waals surface area contributed by atoms with Gasteiger partial charge in [-0.25, -0.2) is 0 Å². The minimum absolute atomic E-state index is 0.0842. The number of carbonyl (C=O) groups is 2. The van der Waals surface area contributed by atoms with Crippen molar-refractivity contribution in [2.24, 2.45) is 7.05 Å². The molecular weight excluding hydrogens is 460 g/mol. The lowest BCUT2D eigenvalue weighted by molar-refractivity contribution is -0.150. The molecule has 1 aromatic heterocycles. The third-order valence-electron chi connectivity index (χ3n) is 7.35. The highest BCUT2D eigenvalue weighted by atomic mass is 16.6. The molecule has 9 heteroatoms. The van der Waals surface area contributed by atoms with Crippen LogP contribution in [0.3, 0.4) is 0 Å². The Labute approximate surface area is 212 Å². The van der Waals surface area contributed by atoms with E-state index in [2.05, 4.69) is 10.4 Å². The van der Waals surface area contributed by atoms with E-state index in [1.54, 1.807) is 15.6 Å². The van der Waals surface area contributed by atoms with E-state index >= 15 is 0 Å². The molecule has 36 heavy (non-hydrogen) atoms. The molecule has 3 aliphatic rings. The summed E-state index contributed by atoms with van der Waals surface area (Å²) in [5.41, 5.74) is 1.44. The molecule has 0 bridgehead atoms. The molecule has 1 aromatic carbocycles. The van der Waals surface area contributed by atoms with Crippen LogP contribution in [0.4, 0.5) is 0 Å². The maximum Gasteiger partial charge on any atom is 0.268 e. The molecule has 3 atom stereocenters. The Morgan fingerprint density at radius 2 is 1.92 bits per heavy atom. The highest BCUT2D eigenvalue weighted by Gasteiger charge is 2.41. The molecule has 1 saturated heterocycles. The Morgan fingerprint density at radius 1 is 1.14 bits per heavy atom. The van der Waals surface area contributed by atoms with Gasteiger partial charge in [0, 0.05) is 38.0 Å². The SMILES string of the molecule is Cc1nn(C)cc1C(C(=O)NC1CCCCC1)N(CC1CCCO1)C(=O)C1COc2ccccc2O1. The first kappa shape index (κ1) is 24.6. The van der Waals surface area contributed by atoms with Crippen molar-refractivity contribution in [3.8, 4) is 11.5 Å². The third kappa shape index (κ3) is 5.36. The van der Waals surface area contributed by atoms with Crippen LogP contribution in [0.1, 0.15) is 62.2 Å². The van der Waals surface area contributed by atoms with Gasteiger partial charge in [-0.1, -0.05) is 31.4 Å². The number of carbonyl (C=O) groups excluding carboxylic acids is 2. The van der Waals surface area contributed by atoms with Crippen LogP contribution in [0.25, 0.3) is 0 Å². The minimum atomic E-state index is -0.858. The molecular formula is C27H36N4O5. The maximum atomic E-state index is 14.1. The maximum absolute atomic E-state index is 14.1. The number of ether oxygens (including phenoxy) is 3. The molecule has 0 spiro atoms. The largest absolute Gasteiger partial charge is 0.485 e. The predicted molar refractivity (Wildman–Crippen MR) is 133 cm³/mol. The molecule has 1 saturated carbocycles. The summed E-state index contributed by atoms with van der Waals surface area (Å²) >= 11 is 0. The van der Waals surface area contributed by atoms with Gasteiger partial charge in [0.25, 0.3) is 5.91 Å². The fraction of sp³-hybridized carbons (Fsp3) is 0.593. The Balaban J connectivity index is 1.47. The number of hydrogen-bond acceptors (Lipinski definition) is 6. The standard InChI is InChI=1S/C27H36N4O5/c1-18-21(16-30(2)29-18)25(26(32)28-19-9-4-3-5-10-19)31(15-20-11-8-14-34-20)27(33)24-17-35-22-12-6-7-13-23(22)36-24/h6-7,12-13,16,19-20,24-25H,3-5,8-11,14-15,17H2,1-2H3,(H,28,32). The summed E-state index contributed by atoms with van der Waals surface area (Å²) in [7, 11) is 1.83. The molecule has 3 unspecified atom stereocenters. The van der Waals surface area contributed by atoms with Gasteiger partial charge in [0.15, 0.2) is 11.5 Å². The number of nitrogens with zero attached hydrogens (tertiary/aromatic N) is 3. The van der Waals surface area contributed by atoms with Crippen molar-refractivity contribution in [3.63, 3.8) is 0 Å². The van der Waals surface area contributed by atoms with E-state index in [-0.39, 0.29) is 30.6 Å². The summed E-state index contributed by atoms with van der Waals surface area (Å²) < 4.78 is 19.5. The number of para-hydroxylation sites is 2. The average molecular weight is 497 g/mol. The van der Waals surface area contributed by atoms with Crippen molar-refractivity contribution in [1.82, 2.24) is 20.0 Å². The number of amides is 2. The average Bonchev–Trinajstić information content (AvgIpc) is 3.52. The van der Waals surface area contributed by atoms with Gasteiger partial charge in [-0.3, -0.25) is 14.3 Å². The third-order valence-corrected chi connectivity index (χ3v) is 7.35. The Morgan fingerprint density at radius 3 is 2.61 bits per heavy atom. The van der Waals surface area contributed by atoms with Crippen molar-refractivity contribution < 1.29 is 23.8 Å². The van der Waals surface area contributed by atoms with E-state index in [1.807, 2.05) is 38.4 Å². The highest BCUT2D eigenvalue weighted by molar-refractivity contribution is 5.91. The van der Waals surface area contributed by atoms with Crippen LogP contribution < -0.4 is 14.8 Å². The Hall–Kier alpha value is -3.07. The summed E-state index contributed by atoms with van der Waals surface area (Å²) in [5.74, 6) is 0.676. The van der Waals surface area contributed by atoms with Gasteiger partial charge in [-0.15, -0.1) is 0 Å². The van der Waals surface area contributed by atoms with Gasteiger partial charge < -0.3 is 24.4 Å². The summed E-state index contributed by atoms with van der Waals surface area (Å²) in [4.78, 5) is 29.6. The molecule has 1 aliphatic carbocycles. The van der Waals surface area contributed by atoms with Gasteiger partial charge in [-0.2, -0.15) is 5.10 Å². The van der Waals surface area contributed by atoms with Crippen LogP contribution in [0.15, 0.2) is 30.5 Å². The van der Waals surface area contributed by atoms with E-state index in [9.17, 15) is 9.59 Å². The van der Waals surface area contributed by atoms with Gasteiger partial charge in [0.05, 0.1) is 11.8 Å². The van der Waals surface area contributed by atoms with E-state index < -0.39 is 12.1 Å². The Kier molecular flexibility index (Phi) is 7.46. The molecule has 2 aromatic rings. The second-order valence-electron chi connectivity index (χ2n) is 10.1. The van der Waals surface area contributed by atoms with Gasteiger partial charge in [0.2, 0.25) is 12.0 Å². The van der Waals surface area contributed by atoms with E-state index in [4.69, 9.17) is 14.2 Å². The van der Waals surface area contributed by atoms with Gasteiger partial charge in [0.1, 0.15) is 12.6 Å². The van der Waals surface area contributed by atoms with Crippen LogP contribution in [0, 0.1) is 6.92 Å². The van der Waals surface area contributed by atoms with Crippen molar-refractivity contribution in [2.75, 3.05) is 19.8 Å². The fourth-order valence-corrected chi connectivity index (χ4v) is 5.52. The number of rotatable bonds is 7. The first-order chi connectivity index (χ1) is 17.5. The van der Waals surface area contributed by atoms with E-state index in [0.717, 1.165) is 44.2 Å². The lowest BCUT2D eigenvalue weighted by atomic mass is 9.94. The van der Waals surface area contributed by atoms with Crippen molar-refractivity contribution >= 4 is 11.8 Å². The van der Waals surface area contributed by atoms with Crippen molar-refractivity contribution in [3.05, 3.63) is 41.7 Å². The minimum Gasteiger partial charge on any atom is -0.485 e. The second-order valence-corrected chi connectivity index (χ2v) is 10.1. The molecule has 5 rings (SSSR count). The zero-order valence-corrected chi connectivity index (χ0v) is 21.2. The second kappa shape index (κ2) is 10.9. The summed E-state index contributed by atoms with van der Waals surface area (Å²) in [6.45, 7) is 2.92. The number of fused-ring (bicyclic) bond motifs is 1. The molecule has 194 valence electrons. The summed E-state index contributed by atoms with van der Waals surface area (Å²) in [6.07, 6.45) is 7.95. The number of nitrogens with one attached hydrogen (secondary N) is 1. The first-order valence-corrected chi connectivity index (χ1v) is 13.1. The predicted octanol–water partition coefficient (Wildman–Crippen LogP) is 3.07. The fourth-order valence-electron chi connectivity index (χ4n) is 5.52. The normalized spacial score (nSPS) is 22.7. The molecule has 0 radical (unpaired) electrons. The summed E-state index contributed by atoms with van der Waals surface area (Å²) in [5, 5.41) is 7.74. The highest BCUT2D eigenvalue weighted by Crippen LogP contribution is 2.33. The van der Waals surface area contributed by atoms with E-state index in [0.29, 0.717) is 30.2 Å². The van der Waals surface area contributed by atoms with E-state index in [1.165, 1.54) is 6.42 Å². The molecule has 2 aliphatic heterocycles. The van der Waals surface area contributed by atoms with Crippen molar-refractivity contribution in [1.29, 1.82) is 0 Å². The molecule has 9 nitrogen and oxygen atoms in total. The van der Waals surface area contributed by atoms with Crippen LogP contribution in [-0.2, 0) is 21.4 Å². The monoisotopic (exact) mass is 496 g/mol. The molecule has 3 heterocycles. The van der Waals surface area contributed by atoms with Crippen LogP contribution in [-0.4, -0.2) is 64.5 Å². The van der Waals surface area contributed by atoms with Gasteiger partial charge >= 0.3 is 0 Å². The van der Waals surface area contributed by atoms with Crippen molar-refractivity contribution in [2.45, 2.75) is 76.2 Å². The zero-order chi connectivity index (χ0) is 25.1. The quantitative estimate of drug-likeness (QED) is 0.633. The van der Waals surface area contributed by atoms with Gasteiger partial charge in [-0.05, 0) is 44.7 Å². The number of aryl methyl sites for hydroxylation is 2. The molecule has 1 N–H and O–H groups in total. The number of aromatic nitrogens is 2. The zero-order valence-electron chi connectivity index (χ0n) is 21.2. The number of hydrogen-bond donors (Lipinski definition) is 1. The molecule has 2 fully saturated rings. The van der Waals surface area contributed by atoms with Crippen LogP contribution >= 0.6 is 0 Å². The lowest BCUT2D eigenvalue weighted by Gasteiger charge is -2.37. The number of benzene rings is 1. The topological polar surface area (TPSA) is 94.9 Å². The van der Waals surface area contributed by atoms with Crippen LogP contribution in [0.5, 0.6) is 11.5 Å².